The first kappa shape index (κ1) is 24.6. The van der Waals surface area contributed by atoms with Gasteiger partial charge in [-0.15, -0.1) is 11.3 Å². The largest absolute Gasteiger partial charge is 0.352 e. The lowest BCUT2D eigenvalue weighted by Crippen LogP contribution is -2.33. The van der Waals surface area contributed by atoms with E-state index in [-0.39, 0.29) is 17.7 Å². The summed E-state index contributed by atoms with van der Waals surface area (Å²) in [5.41, 5.74) is 3.69. The Balaban J connectivity index is 1.22. The smallest absolute Gasteiger partial charge is 0.251 e. The fraction of sp³-hybridized carbons (Fsp3) is 0.333. The second-order valence-electron chi connectivity index (χ2n) is 9.24. The molecule has 0 unspecified atom stereocenters. The van der Waals surface area contributed by atoms with Crippen LogP contribution in [0.1, 0.15) is 55.5 Å². The molecule has 8 heteroatoms. The van der Waals surface area contributed by atoms with Crippen molar-refractivity contribution in [3.63, 3.8) is 0 Å². The van der Waals surface area contributed by atoms with E-state index in [0.717, 1.165) is 41.8 Å². The highest BCUT2D eigenvalue weighted by molar-refractivity contribution is 7.14. The fourth-order valence-corrected chi connectivity index (χ4v) is 4.99. The highest BCUT2D eigenvalue weighted by Gasteiger charge is 2.42. The number of hydrogen-bond donors (Lipinski definition) is 2. The molecule has 182 valence electrons. The van der Waals surface area contributed by atoms with E-state index in [1.165, 1.54) is 11.3 Å². The van der Waals surface area contributed by atoms with Crippen molar-refractivity contribution in [3.8, 4) is 11.3 Å². The first-order chi connectivity index (χ1) is 16.8. The monoisotopic (exact) mass is 490 g/mol. The van der Waals surface area contributed by atoms with Crippen molar-refractivity contribution in [1.82, 2.24) is 10.3 Å². The number of nitrogens with one attached hydrogen (secondary N) is 2. The van der Waals surface area contributed by atoms with E-state index in [1.54, 1.807) is 24.1 Å². The third kappa shape index (κ3) is 5.43. The quantitative estimate of drug-likeness (QED) is 0.413. The van der Waals surface area contributed by atoms with E-state index in [9.17, 15) is 14.4 Å². The number of fused-ring (bicyclic) bond motifs is 1. The van der Waals surface area contributed by atoms with Gasteiger partial charge in [-0.1, -0.05) is 30.7 Å². The summed E-state index contributed by atoms with van der Waals surface area (Å²) in [6.07, 6.45) is 2.82. The lowest BCUT2D eigenvalue weighted by Gasteiger charge is -2.16. The molecule has 0 fully saturated rings. The van der Waals surface area contributed by atoms with Crippen LogP contribution in [0.15, 0.2) is 53.9 Å². The summed E-state index contributed by atoms with van der Waals surface area (Å²) in [4.78, 5) is 43.2. The summed E-state index contributed by atoms with van der Waals surface area (Å²) in [5, 5.41) is 8.26. The predicted molar refractivity (Wildman–Crippen MR) is 140 cm³/mol. The molecule has 1 aromatic heterocycles. The van der Waals surface area contributed by atoms with Gasteiger partial charge in [-0.3, -0.25) is 14.4 Å². The Bertz CT molecular complexity index is 1240. The van der Waals surface area contributed by atoms with Gasteiger partial charge in [0.2, 0.25) is 11.8 Å². The molecule has 35 heavy (non-hydrogen) atoms. The van der Waals surface area contributed by atoms with Gasteiger partial charge in [0, 0.05) is 42.2 Å². The summed E-state index contributed by atoms with van der Waals surface area (Å²) in [7, 11) is 1.80. The third-order valence-corrected chi connectivity index (χ3v) is 7.08. The Hall–Kier alpha value is -3.52. The fourth-order valence-electron chi connectivity index (χ4n) is 4.26. The molecule has 0 atom stereocenters. The van der Waals surface area contributed by atoms with Gasteiger partial charge in [-0.25, -0.2) is 4.98 Å². The summed E-state index contributed by atoms with van der Waals surface area (Å²) < 4.78 is 0. The topological polar surface area (TPSA) is 91.4 Å². The molecule has 0 aliphatic carbocycles. The van der Waals surface area contributed by atoms with E-state index >= 15 is 0 Å². The molecular weight excluding hydrogens is 460 g/mol. The molecule has 0 radical (unpaired) electrons. The van der Waals surface area contributed by atoms with Crippen LogP contribution in [0.25, 0.3) is 11.3 Å². The minimum atomic E-state index is -0.572. The van der Waals surface area contributed by atoms with E-state index < -0.39 is 5.41 Å². The lowest BCUT2D eigenvalue weighted by atomic mass is 9.85. The molecule has 2 N–H and O–H groups in total. The normalized spacial score (nSPS) is 14.0. The molecule has 0 spiro atoms. The number of rotatable bonds is 9. The molecule has 0 saturated heterocycles. The number of aromatic nitrogens is 1. The van der Waals surface area contributed by atoms with Crippen LogP contribution < -0.4 is 15.5 Å². The number of unbranched alkanes of at least 4 members (excludes halogenated alkanes) is 2. The predicted octanol–water partition coefficient (Wildman–Crippen LogP) is 4.99. The van der Waals surface area contributed by atoms with Crippen LogP contribution in [0.5, 0.6) is 0 Å². The van der Waals surface area contributed by atoms with Crippen molar-refractivity contribution in [1.29, 1.82) is 0 Å². The molecule has 2 aromatic carbocycles. The van der Waals surface area contributed by atoms with Crippen LogP contribution in [0.3, 0.4) is 0 Å². The molecule has 2 heterocycles. The number of thiazole rings is 1. The van der Waals surface area contributed by atoms with Crippen molar-refractivity contribution in [2.75, 3.05) is 23.8 Å². The van der Waals surface area contributed by atoms with E-state index in [2.05, 4.69) is 15.6 Å². The second kappa shape index (κ2) is 10.4. The molecule has 4 rings (SSSR count). The minimum absolute atomic E-state index is 0.0680. The maximum absolute atomic E-state index is 12.5. The zero-order valence-electron chi connectivity index (χ0n) is 20.3. The maximum Gasteiger partial charge on any atom is 0.251 e. The van der Waals surface area contributed by atoms with Gasteiger partial charge in [0.05, 0.1) is 11.1 Å². The van der Waals surface area contributed by atoms with Gasteiger partial charge >= 0.3 is 0 Å². The van der Waals surface area contributed by atoms with E-state index in [4.69, 9.17) is 0 Å². The van der Waals surface area contributed by atoms with Gasteiger partial charge in [-0.05, 0) is 56.5 Å². The van der Waals surface area contributed by atoms with Crippen LogP contribution in [0.4, 0.5) is 10.8 Å². The zero-order valence-corrected chi connectivity index (χ0v) is 21.1. The standard InChI is InChI=1S/C27H30N4O3S/c1-27(2)20-16-19(13-14-22(20)31(3)25(27)34)21-17-35-26(29-21)30-23(32)12-8-5-9-15-28-24(33)18-10-6-4-7-11-18/h4,6-7,10-11,13-14,16-17H,5,8-9,12,15H2,1-3H3,(H,28,33)(H,29,30,32). The molecule has 3 amide bonds. The Kier molecular flexibility index (Phi) is 7.31. The number of anilines is 2. The number of benzene rings is 2. The molecule has 1 aliphatic heterocycles. The van der Waals surface area contributed by atoms with Gasteiger partial charge in [-0.2, -0.15) is 0 Å². The zero-order chi connectivity index (χ0) is 25.0. The Morgan fingerprint density at radius 1 is 1.06 bits per heavy atom. The van der Waals surface area contributed by atoms with Crippen molar-refractivity contribution in [2.45, 2.75) is 44.9 Å². The number of nitrogens with zero attached hydrogens (tertiary/aromatic N) is 2. The Labute approximate surface area is 209 Å². The summed E-state index contributed by atoms with van der Waals surface area (Å²) in [5.74, 6) is -0.0653. The molecular formula is C27H30N4O3S. The average Bonchev–Trinajstić information content (AvgIpc) is 3.39. The first-order valence-corrected chi connectivity index (χ1v) is 12.7. The molecule has 1 aliphatic rings. The average molecular weight is 491 g/mol. The Morgan fingerprint density at radius 3 is 2.60 bits per heavy atom. The first-order valence-electron chi connectivity index (χ1n) is 11.8. The summed E-state index contributed by atoms with van der Waals surface area (Å²) in [6.45, 7) is 4.46. The lowest BCUT2D eigenvalue weighted by molar-refractivity contribution is -0.121. The van der Waals surface area contributed by atoms with E-state index in [1.807, 2.05) is 55.6 Å². The number of likely N-dealkylation sites (N-methyl/N-ethyl adjacent to an activating group) is 1. The van der Waals surface area contributed by atoms with Crippen LogP contribution in [0.2, 0.25) is 0 Å². The van der Waals surface area contributed by atoms with Crippen molar-refractivity contribution in [3.05, 3.63) is 65.0 Å². The van der Waals surface area contributed by atoms with E-state index in [0.29, 0.717) is 23.7 Å². The second-order valence-corrected chi connectivity index (χ2v) is 10.1. The van der Waals surface area contributed by atoms with Gasteiger partial charge in [0.1, 0.15) is 0 Å². The van der Waals surface area contributed by atoms with Crippen molar-refractivity contribution >= 4 is 39.9 Å². The molecule has 0 bridgehead atoms. The van der Waals surface area contributed by atoms with Crippen LogP contribution in [0, 0.1) is 0 Å². The number of carbonyl (C=O) groups is 3. The Morgan fingerprint density at radius 2 is 1.83 bits per heavy atom. The molecule has 0 saturated carbocycles. The summed E-state index contributed by atoms with van der Waals surface area (Å²) >= 11 is 1.39. The van der Waals surface area contributed by atoms with Crippen LogP contribution in [-0.4, -0.2) is 36.3 Å². The molecule has 7 nitrogen and oxygen atoms in total. The minimum Gasteiger partial charge on any atom is -0.352 e. The van der Waals surface area contributed by atoms with Crippen molar-refractivity contribution in [2.24, 2.45) is 0 Å². The van der Waals surface area contributed by atoms with Gasteiger partial charge < -0.3 is 15.5 Å². The SMILES string of the molecule is CN1C(=O)C(C)(C)c2cc(-c3csc(NC(=O)CCCCCNC(=O)c4ccccc4)n3)ccc21. The number of carbonyl (C=O) groups excluding carboxylic acids is 3. The highest BCUT2D eigenvalue weighted by atomic mass is 32.1. The van der Waals surface area contributed by atoms with Gasteiger partial charge in [0.15, 0.2) is 5.13 Å². The number of amides is 3. The van der Waals surface area contributed by atoms with Crippen LogP contribution >= 0.6 is 11.3 Å². The van der Waals surface area contributed by atoms with Crippen molar-refractivity contribution < 1.29 is 14.4 Å². The third-order valence-electron chi connectivity index (χ3n) is 6.32. The maximum atomic E-state index is 12.5. The highest BCUT2D eigenvalue weighted by Crippen LogP contribution is 2.42. The number of hydrogen-bond acceptors (Lipinski definition) is 5. The summed E-state index contributed by atoms with van der Waals surface area (Å²) in [6, 6.07) is 15.1. The van der Waals surface area contributed by atoms with Crippen LogP contribution in [-0.2, 0) is 15.0 Å². The molecule has 3 aromatic rings. The van der Waals surface area contributed by atoms with Gasteiger partial charge in [0.25, 0.3) is 5.91 Å².